The molecular formula is C25H27N2O4PS. The molecule has 1 atom stereocenters. The van der Waals surface area contributed by atoms with Crippen LogP contribution in [0.1, 0.15) is 30.2 Å². The Kier molecular flexibility index (Phi) is 7.65. The average Bonchev–Trinajstić information content (AvgIpc) is 3.35. The van der Waals surface area contributed by atoms with E-state index >= 15 is 0 Å². The van der Waals surface area contributed by atoms with Gasteiger partial charge in [0, 0.05) is 25.0 Å². The van der Waals surface area contributed by atoms with Gasteiger partial charge in [-0.1, -0.05) is 54.1 Å². The molecule has 8 heteroatoms. The number of amidine groups is 1. The van der Waals surface area contributed by atoms with Crippen LogP contribution < -0.4 is 9.05 Å². The molecule has 4 rings (SSSR count). The molecule has 0 spiro atoms. The van der Waals surface area contributed by atoms with Gasteiger partial charge in [-0.15, -0.1) is 16.1 Å². The molecule has 0 saturated heterocycles. The van der Waals surface area contributed by atoms with Gasteiger partial charge in [-0.3, -0.25) is 0 Å². The normalized spacial score (nSPS) is 17.6. The van der Waals surface area contributed by atoms with Crippen LogP contribution >= 0.6 is 19.1 Å². The Labute approximate surface area is 198 Å². The Bertz CT molecular complexity index is 1090. The Morgan fingerprint density at radius 3 is 2.21 bits per heavy atom. The van der Waals surface area contributed by atoms with Crippen molar-refractivity contribution in [1.29, 1.82) is 0 Å². The highest BCUT2D eigenvalue weighted by atomic mass is 32.1. The third-order valence-corrected chi connectivity index (χ3v) is 7.56. The molecule has 3 aromatic rings. The zero-order chi connectivity index (χ0) is 23.1. The van der Waals surface area contributed by atoms with E-state index in [1.54, 1.807) is 35.6 Å². The highest BCUT2D eigenvalue weighted by Crippen LogP contribution is 2.51. The number of rotatable bonds is 9. The van der Waals surface area contributed by atoms with E-state index in [1.807, 2.05) is 59.8 Å². The van der Waals surface area contributed by atoms with E-state index in [-0.39, 0.29) is 12.6 Å². The number of aliphatic hydroxyl groups is 1. The molecule has 0 aliphatic carbocycles. The number of thiophene rings is 1. The lowest BCUT2D eigenvalue weighted by atomic mass is 9.97. The van der Waals surface area contributed by atoms with Gasteiger partial charge in [-0.05, 0) is 48.6 Å². The Morgan fingerprint density at radius 2 is 1.67 bits per heavy atom. The van der Waals surface area contributed by atoms with Crippen molar-refractivity contribution >= 4 is 24.9 Å². The molecule has 1 aromatic heterocycles. The Balaban J connectivity index is 1.71. The van der Waals surface area contributed by atoms with Gasteiger partial charge in [-0.2, -0.15) is 0 Å². The van der Waals surface area contributed by atoms with Crippen LogP contribution in [0.15, 0.2) is 94.6 Å². The number of nitrogens with zero attached hydrogens (tertiary/aromatic N) is 2. The van der Waals surface area contributed by atoms with Crippen molar-refractivity contribution in [3.63, 3.8) is 0 Å². The van der Waals surface area contributed by atoms with Crippen molar-refractivity contribution in [2.45, 2.75) is 25.3 Å². The van der Waals surface area contributed by atoms with Gasteiger partial charge in [-0.25, -0.2) is 4.57 Å². The Hall–Kier alpha value is -2.86. The molecule has 1 N–H and O–H groups in total. The number of hydrogen-bond donors (Lipinski definition) is 1. The van der Waals surface area contributed by atoms with Crippen LogP contribution in [0.4, 0.5) is 0 Å². The number of benzene rings is 2. The highest BCUT2D eigenvalue weighted by molar-refractivity contribution is 7.53. The van der Waals surface area contributed by atoms with Crippen LogP contribution in [-0.2, 0) is 4.57 Å². The van der Waals surface area contributed by atoms with E-state index in [2.05, 4.69) is 16.9 Å². The molecule has 6 nitrogen and oxygen atoms in total. The van der Waals surface area contributed by atoms with Gasteiger partial charge >= 0.3 is 7.75 Å². The summed E-state index contributed by atoms with van der Waals surface area (Å²) in [5.74, 6) is 1.47. The van der Waals surface area contributed by atoms with Gasteiger partial charge in [0.05, 0.1) is 6.04 Å². The lowest BCUT2D eigenvalue weighted by Crippen LogP contribution is -2.34. The topological polar surface area (TPSA) is 71.4 Å². The van der Waals surface area contributed by atoms with Crippen LogP contribution in [0.25, 0.3) is 0 Å². The first-order chi connectivity index (χ1) is 16.1. The standard InChI is InChI=1S/C25H27N2O4PS/c1-27-23(24-15-9-17-33-24)18-20(10-8-16-28)19-25(27)26-32(29,30-21-11-4-2-5-12-21)31-22-13-6-3-7-14-22/h2-7,9,11-15,17-18,23,28H,8,10,16,19H2,1H3/b26-25-. The first-order valence-electron chi connectivity index (χ1n) is 10.8. The van der Waals surface area contributed by atoms with Gasteiger partial charge in [0.25, 0.3) is 0 Å². The van der Waals surface area contributed by atoms with Crippen molar-refractivity contribution < 1.29 is 18.7 Å². The second-order valence-electron chi connectivity index (χ2n) is 7.69. The number of hydrogen-bond acceptors (Lipinski definition) is 5. The maximum Gasteiger partial charge on any atom is 0.564 e. The second-order valence-corrected chi connectivity index (χ2v) is 10.2. The molecular weight excluding hydrogens is 455 g/mol. The number of aliphatic hydroxyl groups excluding tert-OH is 1. The minimum Gasteiger partial charge on any atom is -0.399 e. The maximum absolute atomic E-state index is 14.0. The van der Waals surface area contributed by atoms with Crippen molar-refractivity contribution in [3.8, 4) is 11.5 Å². The minimum atomic E-state index is -3.95. The zero-order valence-corrected chi connectivity index (χ0v) is 20.1. The van der Waals surface area contributed by atoms with E-state index in [0.29, 0.717) is 30.2 Å². The molecule has 0 saturated carbocycles. The third kappa shape index (κ3) is 6.14. The largest absolute Gasteiger partial charge is 0.564 e. The molecule has 172 valence electrons. The molecule has 33 heavy (non-hydrogen) atoms. The van der Waals surface area contributed by atoms with E-state index in [9.17, 15) is 9.67 Å². The van der Waals surface area contributed by atoms with Gasteiger partial charge in [0.1, 0.15) is 17.3 Å². The summed E-state index contributed by atoms with van der Waals surface area (Å²) in [6, 6.07) is 21.9. The smallest absolute Gasteiger partial charge is 0.399 e. The molecule has 1 unspecified atom stereocenters. The number of likely N-dealkylation sites (N-methyl/N-ethyl adjacent to an activating group) is 1. The molecule has 0 amide bonds. The maximum atomic E-state index is 14.0. The Morgan fingerprint density at radius 1 is 1.03 bits per heavy atom. The molecule has 0 radical (unpaired) electrons. The fourth-order valence-corrected chi connectivity index (χ4v) is 5.86. The fourth-order valence-electron chi connectivity index (χ4n) is 3.63. The third-order valence-electron chi connectivity index (χ3n) is 5.26. The van der Waals surface area contributed by atoms with Crippen molar-refractivity contribution in [3.05, 3.63) is 94.7 Å². The monoisotopic (exact) mass is 482 g/mol. The summed E-state index contributed by atoms with van der Waals surface area (Å²) >= 11 is 1.66. The van der Waals surface area contributed by atoms with E-state index in [4.69, 9.17) is 9.05 Å². The van der Waals surface area contributed by atoms with Crippen molar-refractivity contribution in [2.24, 2.45) is 4.76 Å². The van der Waals surface area contributed by atoms with Gasteiger partial charge < -0.3 is 19.1 Å². The summed E-state index contributed by atoms with van der Waals surface area (Å²) in [5.41, 5.74) is 1.14. The molecule has 2 aromatic carbocycles. The van der Waals surface area contributed by atoms with Crippen LogP contribution in [0.3, 0.4) is 0 Å². The molecule has 1 aliphatic rings. The lowest BCUT2D eigenvalue weighted by Gasteiger charge is -2.34. The van der Waals surface area contributed by atoms with Crippen LogP contribution in [0, 0.1) is 0 Å². The summed E-state index contributed by atoms with van der Waals surface area (Å²) in [5, 5.41) is 11.4. The summed E-state index contributed by atoms with van der Waals surface area (Å²) in [6.45, 7) is 0.121. The molecule has 1 aliphatic heterocycles. The van der Waals surface area contributed by atoms with Crippen molar-refractivity contribution in [2.75, 3.05) is 13.7 Å². The quantitative estimate of drug-likeness (QED) is 0.279. The molecule has 2 heterocycles. The summed E-state index contributed by atoms with van der Waals surface area (Å²) in [7, 11) is -2.01. The summed E-state index contributed by atoms with van der Waals surface area (Å²) in [4.78, 5) is 3.18. The average molecular weight is 483 g/mol. The van der Waals surface area contributed by atoms with Crippen LogP contribution in [0.2, 0.25) is 0 Å². The fraction of sp³-hybridized carbons (Fsp3) is 0.240. The van der Waals surface area contributed by atoms with E-state index < -0.39 is 7.75 Å². The van der Waals surface area contributed by atoms with E-state index in [0.717, 1.165) is 16.9 Å². The minimum absolute atomic E-state index is 0.0342. The first kappa shape index (κ1) is 23.3. The van der Waals surface area contributed by atoms with Crippen LogP contribution in [0.5, 0.6) is 11.5 Å². The van der Waals surface area contributed by atoms with Gasteiger partial charge in [0.2, 0.25) is 0 Å². The number of para-hydroxylation sites is 2. The SMILES string of the molecule is CN1/C(=N\P(=O)(Oc2ccccc2)Oc2ccccc2)CC(CCCO)=CC1c1cccs1. The van der Waals surface area contributed by atoms with Gasteiger partial charge in [0.15, 0.2) is 0 Å². The molecule has 0 fully saturated rings. The van der Waals surface area contributed by atoms with E-state index in [1.165, 1.54) is 0 Å². The summed E-state index contributed by atoms with van der Waals surface area (Å²) < 4.78 is 30.3. The second kappa shape index (κ2) is 10.8. The predicted octanol–water partition coefficient (Wildman–Crippen LogP) is 6.49. The first-order valence-corrected chi connectivity index (χ1v) is 13.2. The predicted molar refractivity (Wildman–Crippen MR) is 133 cm³/mol. The summed E-state index contributed by atoms with van der Waals surface area (Å²) in [6.07, 6.45) is 4.13. The zero-order valence-electron chi connectivity index (χ0n) is 18.4. The molecule has 0 bridgehead atoms. The lowest BCUT2D eigenvalue weighted by molar-refractivity contribution is 0.287. The highest BCUT2D eigenvalue weighted by Gasteiger charge is 2.33. The van der Waals surface area contributed by atoms with Crippen molar-refractivity contribution in [1.82, 2.24) is 4.90 Å². The van der Waals surface area contributed by atoms with Crippen LogP contribution in [-0.4, -0.2) is 29.5 Å².